The maximum absolute atomic E-state index is 8.69. The molecular weight excluding hydrogens is 152 g/mol. The molecule has 0 unspecified atom stereocenters. The Labute approximate surface area is 68.9 Å². The van der Waals surface area contributed by atoms with Crippen LogP contribution in [0.15, 0.2) is 12.3 Å². The lowest BCUT2D eigenvalue weighted by atomic mass is 10.2. The summed E-state index contributed by atoms with van der Waals surface area (Å²) in [6.07, 6.45) is 1.66. The number of fused-ring (bicyclic) bond motifs is 1. The molecule has 4 nitrogen and oxygen atoms in total. The van der Waals surface area contributed by atoms with E-state index in [2.05, 4.69) is 21.3 Å². The van der Waals surface area contributed by atoms with Crippen LogP contribution in [0.25, 0.3) is 11.0 Å². The highest BCUT2D eigenvalue weighted by Crippen LogP contribution is 2.12. The molecule has 0 bridgehead atoms. The Kier molecular flexibility index (Phi) is 1.31. The van der Waals surface area contributed by atoms with Gasteiger partial charge in [0.1, 0.15) is 6.07 Å². The van der Waals surface area contributed by atoms with Crippen molar-refractivity contribution in [1.82, 2.24) is 15.2 Å². The van der Waals surface area contributed by atoms with Crippen LogP contribution in [0.1, 0.15) is 11.3 Å². The number of nitriles is 1. The van der Waals surface area contributed by atoms with Crippen molar-refractivity contribution in [3.05, 3.63) is 23.5 Å². The molecule has 58 valence electrons. The number of hydrogen-bond acceptors (Lipinski definition) is 3. The first-order valence-electron chi connectivity index (χ1n) is 3.52. The zero-order valence-electron chi connectivity index (χ0n) is 6.50. The molecule has 0 radical (unpaired) electrons. The first-order valence-corrected chi connectivity index (χ1v) is 3.52. The predicted molar refractivity (Wildman–Crippen MR) is 43.3 cm³/mol. The molecule has 12 heavy (non-hydrogen) atoms. The van der Waals surface area contributed by atoms with E-state index in [4.69, 9.17) is 5.26 Å². The Morgan fingerprint density at radius 3 is 3.17 bits per heavy atom. The maximum Gasteiger partial charge on any atom is 0.155 e. The standard InChI is InChI=1S/C8H6N4/c1-5-6(3-9)2-7-4-10-12-8(7)11-5/h2,4H,1H3,(H,10,11,12). The van der Waals surface area contributed by atoms with E-state index in [0.29, 0.717) is 5.56 Å². The van der Waals surface area contributed by atoms with Crippen molar-refractivity contribution in [2.45, 2.75) is 6.92 Å². The molecule has 1 N–H and O–H groups in total. The van der Waals surface area contributed by atoms with Gasteiger partial charge in [-0.25, -0.2) is 4.98 Å². The third-order valence-electron chi connectivity index (χ3n) is 1.74. The monoisotopic (exact) mass is 158 g/mol. The van der Waals surface area contributed by atoms with Gasteiger partial charge in [-0.1, -0.05) is 0 Å². The minimum atomic E-state index is 0.601. The van der Waals surface area contributed by atoms with Crippen molar-refractivity contribution in [3.63, 3.8) is 0 Å². The van der Waals surface area contributed by atoms with Crippen LogP contribution in [-0.4, -0.2) is 15.2 Å². The summed E-state index contributed by atoms with van der Waals surface area (Å²) in [4.78, 5) is 4.17. The van der Waals surface area contributed by atoms with Gasteiger partial charge in [-0.15, -0.1) is 0 Å². The third kappa shape index (κ3) is 0.839. The summed E-state index contributed by atoms with van der Waals surface area (Å²) in [5.74, 6) is 0. The molecule has 0 amide bonds. The van der Waals surface area contributed by atoms with Crippen molar-refractivity contribution in [2.75, 3.05) is 0 Å². The van der Waals surface area contributed by atoms with E-state index in [1.807, 2.05) is 0 Å². The quantitative estimate of drug-likeness (QED) is 0.625. The van der Waals surface area contributed by atoms with E-state index in [1.165, 1.54) is 0 Å². The minimum Gasteiger partial charge on any atom is -0.261 e. The van der Waals surface area contributed by atoms with Crippen LogP contribution in [0.3, 0.4) is 0 Å². The molecule has 2 rings (SSSR count). The van der Waals surface area contributed by atoms with Crippen LogP contribution in [0, 0.1) is 18.3 Å². The number of pyridine rings is 1. The summed E-state index contributed by atoms with van der Waals surface area (Å²) in [6, 6.07) is 3.85. The van der Waals surface area contributed by atoms with Crippen LogP contribution in [-0.2, 0) is 0 Å². The molecule has 0 saturated carbocycles. The molecule has 0 atom stereocenters. The molecule has 2 aromatic heterocycles. The SMILES string of the molecule is Cc1nc2[nH]ncc2cc1C#N. The van der Waals surface area contributed by atoms with E-state index in [-0.39, 0.29) is 0 Å². The summed E-state index contributed by atoms with van der Waals surface area (Å²) < 4.78 is 0. The molecule has 0 aliphatic heterocycles. The summed E-state index contributed by atoms with van der Waals surface area (Å²) in [7, 11) is 0. The Morgan fingerprint density at radius 1 is 1.58 bits per heavy atom. The van der Waals surface area contributed by atoms with Crippen LogP contribution in [0.4, 0.5) is 0 Å². The van der Waals surface area contributed by atoms with Crippen LogP contribution in [0.2, 0.25) is 0 Å². The zero-order valence-corrected chi connectivity index (χ0v) is 6.50. The van der Waals surface area contributed by atoms with Crippen LogP contribution < -0.4 is 0 Å². The Balaban J connectivity index is 2.84. The number of rotatable bonds is 0. The molecule has 0 fully saturated rings. The highest BCUT2D eigenvalue weighted by atomic mass is 15.1. The van der Waals surface area contributed by atoms with Gasteiger partial charge in [0.05, 0.1) is 17.5 Å². The fraction of sp³-hybridized carbons (Fsp3) is 0.125. The summed E-state index contributed by atoms with van der Waals surface area (Å²) in [5.41, 5.74) is 2.06. The number of aromatic nitrogens is 3. The third-order valence-corrected chi connectivity index (χ3v) is 1.74. The molecule has 0 aromatic carbocycles. The molecule has 0 aliphatic rings. The van der Waals surface area contributed by atoms with Crippen LogP contribution in [0.5, 0.6) is 0 Å². The fourth-order valence-electron chi connectivity index (χ4n) is 1.08. The van der Waals surface area contributed by atoms with Gasteiger partial charge in [0.2, 0.25) is 0 Å². The second kappa shape index (κ2) is 2.31. The second-order valence-electron chi connectivity index (χ2n) is 2.54. The van der Waals surface area contributed by atoms with Gasteiger partial charge in [-0.2, -0.15) is 10.4 Å². The Morgan fingerprint density at radius 2 is 2.42 bits per heavy atom. The average molecular weight is 158 g/mol. The predicted octanol–water partition coefficient (Wildman–Crippen LogP) is 1.14. The van der Waals surface area contributed by atoms with Crippen molar-refractivity contribution in [2.24, 2.45) is 0 Å². The van der Waals surface area contributed by atoms with Gasteiger partial charge in [0.15, 0.2) is 5.65 Å². The van der Waals surface area contributed by atoms with E-state index >= 15 is 0 Å². The minimum absolute atomic E-state index is 0.601. The molecular formula is C8H6N4. The smallest absolute Gasteiger partial charge is 0.155 e. The molecule has 2 heterocycles. The van der Waals surface area contributed by atoms with Gasteiger partial charge >= 0.3 is 0 Å². The molecule has 0 saturated heterocycles. The van der Waals surface area contributed by atoms with Crippen molar-refractivity contribution in [1.29, 1.82) is 5.26 Å². The van der Waals surface area contributed by atoms with Crippen molar-refractivity contribution < 1.29 is 0 Å². The number of nitrogens with one attached hydrogen (secondary N) is 1. The highest BCUT2D eigenvalue weighted by molar-refractivity contribution is 5.75. The van der Waals surface area contributed by atoms with E-state index in [1.54, 1.807) is 19.2 Å². The number of nitrogens with zero attached hydrogens (tertiary/aromatic N) is 3. The maximum atomic E-state index is 8.69. The molecule has 0 spiro atoms. The van der Waals surface area contributed by atoms with Gasteiger partial charge < -0.3 is 0 Å². The highest BCUT2D eigenvalue weighted by Gasteiger charge is 2.02. The van der Waals surface area contributed by atoms with E-state index in [9.17, 15) is 0 Å². The fourth-order valence-corrected chi connectivity index (χ4v) is 1.08. The Hall–Kier alpha value is -1.89. The van der Waals surface area contributed by atoms with Gasteiger partial charge in [0, 0.05) is 5.39 Å². The first-order chi connectivity index (χ1) is 5.81. The second-order valence-corrected chi connectivity index (χ2v) is 2.54. The summed E-state index contributed by atoms with van der Waals surface area (Å²) in [5, 5.41) is 16.1. The molecule has 2 aromatic rings. The van der Waals surface area contributed by atoms with Gasteiger partial charge in [-0.3, -0.25) is 5.10 Å². The van der Waals surface area contributed by atoms with Gasteiger partial charge in [0.25, 0.3) is 0 Å². The van der Waals surface area contributed by atoms with E-state index < -0.39 is 0 Å². The number of H-pyrrole nitrogens is 1. The normalized spacial score (nSPS) is 10.0. The molecule has 4 heteroatoms. The first kappa shape index (κ1) is 6.80. The van der Waals surface area contributed by atoms with Crippen molar-refractivity contribution >= 4 is 11.0 Å². The van der Waals surface area contributed by atoms with Crippen LogP contribution >= 0.6 is 0 Å². The number of hydrogen-bond donors (Lipinski definition) is 1. The zero-order chi connectivity index (χ0) is 8.55. The molecule has 0 aliphatic carbocycles. The van der Waals surface area contributed by atoms with E-state index in [0.717, 1.165) is 16.7 Å². The largest absolute Gasteiger partial charge is 0.261 e. The summed E-state index contributed by atoms with van der Waals surface area (Å²) >= 11 is 0. The lowest BCUT2D eigenvalue weighted by Gasteiger charge is -1.94. The number of aromatic amines is 1. The topological polar surface area (TPSA) is 65.4 Å². The lowest BCUT2D eigenvalue weighted by molar-refractivity contribution is 1.08. The summed E-state index contributed by atoms with van der Waals surface area (Å²) in [6.45, 7) is 1.80. The van der Waals surface area contributed by atoms with Crippen molar-refractivity contribution in [3.8, 4) is 6.07 Å². The van der Waals surface area contributed by atoms with Gasteiger partial charge in [-0.05, 0) is 13.0 Å². The number of aryl methyl sites for hydroxylation is 1. The Bertz CT molecular complexity index is 463. The lowest BCUT2D eigenvalue weighted by Crippen LogP contribution is -1.87. The average Bonchev–Trinajstić information content (AvgIpc) is 2.49.